The zero-order valence-electron chi connectivity index (χ0n) is 8.75. The molecule has 0 aromatic carbocycles. The number of hydrogen-bond donors (Lipinski definition) is 2. The molecule has 2 N–H and O–H groups in total. The Morgan fingerprint density at radius 3 is 2.15 bits per heavy atom. The number of aliphatic hydroxyl groups excluding tert-OH is 2. The van der Waals surface area contributed by atoms with Crippen molar-refractivity contribution in [1.29, 1.82) is 0 Å². The molecule has 3 nitrogen and oxygen atoms in total. The summed E-state index contributed by atoms with van der Waals surface area (Å²) in [6, 6.07) is 0. The molecule has 0 radical (unpaired) electrons. The molecule has 0 saturated carbocycles. The van der Waals surface area contributed by atoms with Crippen molar-refractivity contribution < 1.29 is 14.9 Å². The molecule has 0 spiro atoms. The molecular formula is C10H22O3. The molecule has 0 atom stereocenters. The van der Waals surface area contributed by atoms with Gasteiger partial charge in [-0.25, -0.2) is 0 Å². The van der Waals surface area contributed by atoms with Crippen molar-refractivity contribution in [3.8, 4) is 0 Å². The number of methoxy groups -OCH3 is 1. The molecule has 0 heterocycles. The third kappa shape index (κ3) is 4.60. The lowest BCUT2D eigenvalue weighted by molar-refractivity contribution is 0.0314. The van der Waals surface area contributed by atoms with Crippen LogP contribution < -0.4 is 0 Å². The third-order valence-corrected chi connectivity index (χ3v) is 2.51. The summed E-state index contributed by atoms with van der Waals surface area (Å²) in [5, 5.41) is 18.4. The Kier molecular flexibility index (Phi) is 7.23. The lowest BCUT2D eigenvalue weighted by Crippen LogP contribution is -2.30. The fraction of sp³-hybridized carbons (Fsp3) is 1.00. The number of rotatable bonds is 8. The van der Waals surface area contributed by atoms with E-state index in [1.165, 1.54) is 0 Å². The van der Waals surface area contributed by atoms with Crippen LogP contribution in [0.3, 0.4) is 0 Å². The van der Waals surface area contributed by atoms with E-state index in [9.17, 15) is 10.2 Å². The first kappa shape index (κ1) is 12.9. The minimum absolute atomic E-state index is 0.0705. The molecule has 0 rings (SSSR count). The summed E-state index contributed by atoms with van der Waals surface area (Å²) in [6.07, 6.45) is 3.61. The van der Waals surface area contributed by atoms with Crippen molar-refractivity contribution >= 4 is 0 Å². The van der Waals surface area contributed by atoms with E-state index in [1.807, 2.05) is 0 Å². The molecule has 0 fully saturated rings. The molecule has 0 saturated heterocycles. The summed E-state index contributed by atoms with van der Waals surface area (Å²) in [4.78, 5) is 0. The lowest BCUT2D eigenvalue weighted by atomic mass is 9.81. The number of hydrogen-bond acceptors (Lipinski definition) is 3. The van der Waals surface area contributed by atoms with E-state index in [2.05, 4.69) is 6.92 Å². The SMILES string of the molecule is CCCC(CO)(CO)CCCOC. The van der Waals surface area contributed by atoms with Gasteiger partial charge in [0.1, 0.15) is 0 Å². The summed E-state index contributed by atoms with van der Waals surface area (Å²) in [7, 11) is 1.67. The van der Waals surface area contributed by atoms with Gasteiger partial charge in [-0.15, -0.1) is 0 Å². The first-order valence-electron chi connectivity index (χ1n) is 4.95. The Balaban J connectivity index is 3.89. The summed E-state index contributed by atoms with van der Waals surface area (Å²) in [5.74, 6) is 0. The van der Waals surface area contributed by atoms with Crippen molar-refractivity contribution in [1.82, 2.24) is 0 Å². The van der Waals surface area contributed by atoms with Gasteiger partial charge >= 0.3 is 0 Å². The third-order valence-electron chi connectivity index (χ3n) is 2.51. The molecule has 80 valence electrons. The number of aliphatic hydroxyl groups is 2. The van der Waals surface area contributed by atoms with E-state index < -0.39 is 0 Å². The Hall–Kier alpha value is -0.120. The highest BCUT2D eigenvalue weighted by Crippen LogP contribution is 2.28. The molecule has 13 heavy (non-hydrogen) atoms. The van der Waals surface area contributed by atoms with Gasteiger partial charge in [0, 0.05) is 19.1 Å². The van der Waals surface area contributed by atoms with Crippen LogP contribution in [-0.2, 0) is 4.74 Å². The maximum Gasteiger partial charge on any atom is 0.0509 e. The highest BCUT2D eigenvalue weighted by atomic mass is 16.5. The molecule has 0 unspecified atom stereocenters. The van der Waals surface area contributed by atoms with Gasteiger partial charge in [0.2, 0.25) is 0 Å². The molecule has 0 aliphatic rings. The van der Waals surface area contributed by atoms with Crippen molar-refractivity contribution in [2.24, 2.45) is 5.41 Å². The van der Waals surface area contributed by atoms with E-state index >= 15 is 0 Å². The molecule has 0 amide bonds. The van der Waals surface area contributed by atoms with Gasteiger partial charge < -0.3 is 14.9 Å². The second-order valence-corrected chi connectivity index (χ2v) is 3.66. The minimum Gasteiger partial charge on any atom is -0.396 e. The first-order chi connectivity index (χ1) is 6.24. The minimum atomic E-state index is -0.284. The van der Waals surface area contributed by atoms with Gasteiger partial charge in [0.05, 0.1) is 13.2 Å². The molecule has 0 aliphatic heterocycles. The fourth-order valence-electron chi connectivity index (χ4n) is 1.61. The smallest absolute Gasteiger partial charge is 0.0509 e. The van der Waals surface area contributed by atoms with Crippen LogP contribution in [0.1, 0.15) is 32.6 Å². The second kappa shape index (κ2) is 7.30. The van der Waals surface area contributed by atoms with Crippen LogP contribution in [0.2, 0.25) is 0 Å². The average Bonchev–Trinajstić information content (AvgIpc) is 2.17. The molecule has 0 aliphatic carbocycles. The average molecular weight is 190 g/mol. The first-order valence-corrected chi connectivity index (χ1v) is 4.95. The van der Waals surface area contributed by atoms with Crippen LogP contribution in [0.4, 0.5) is 0 Å². The van der Waals surface area contributed by atoms with Crippen LogP contribution in [0.5, 0.6) is 0 Å². The Morgan fingerprint density at radius 1 is 1.15 bits per heavy atom. The largest absolute Gasteiger partial charge is 0.396 e. The normalized spacial score (nSPS) is 12.0. The van der Waals surface area contributed by atoms with Crippen molar-refractivity contribution in [2.45, 2.75) is 32.6 Å². The van der Waals surface area contributed by atoms with Gasteiger partial charge in [0.25, 0.3) is 0 Å². The standard InChI is InChI=1S/C10H22O3/c1-3-5-10(8-11,9-12)6-4-7-13-2/h11-12H,3-9H2,1-2H3. The van der Waals surface area contributed by atoms with E-state index in [0.717, 1.165) is 25.7 Å². The quantitative estimate of drug-likeness (QED) is 0.565. The Bertz CT molecular complexity index is 111. The predicted molar refractivity (Wildman–Crippen MR) is 52.6 cm³/mol. The predicted octanol–water partition coefficient (Wildman–Crippen LogP) is 1.18. The molecule has 0 bridgehead atoms. The summed E-state index contributed by atoms with van der Waals surface area (Å²) < 4.78 is 4.94. The Labute approximate surface area is 80.7 Å². The number of ether oxygens (including phenoxy) is 1. The molecule has 3 heteroatoms. The van der Waals surface area contributed by atoms with Gasteiger partial charge in [-0.2, -0.15) is 0 Å². The zero-order valence-corrected chi connectivity index (χ0v) is 8.75. The maximum atomic E-state index is 9.21. The monoisotopic (exact) mass is 190 g/mol. The van der Waals surface area contributed by atoms with Crippen LogP contribution >= 0.6 is 0 Å². The van der Waals surface area contributed by atoms with Gasteiger partial charge in [-0.1, -0.05) is 13.3 Å². The van der Waals surface area contributed by atoms with E-state index in [-0.39, 0.29) is 18.6 Å². The van der Waals surface area contributed by atoms with Crippen molar-refractivity contribution in [2.75, 3.05) is 26.9 Å². The fourth-order valence-corrected chi connectivity index (χ4v) is 1.61. The van der Waals surface area contributed by atoms with E-state index in [1.54, 1.807) is 7.11 Å². The van der Waals surface area contributed by atoms with E-state index in [4.69, 9.17) is 4.74 Å². The lowest BCUT2D eigenvalue weighted by Gasteiger charge is -2.29. The second-order valence-electron chi connectivity index (χ2n) is 3.66. The summed E-state index contributed by atoms with van der Waals surface area (Å²) in [5.41, 5.74) is -0.284. The molecule has 0 aromatic heterocycles. The van der Waals surface area contributed by atoms with Crippen LogP contribution in [-0.4, -0.2) is 37.1 Å². The maximum absolute atomic E-state index is 9.21. The van der Waals surface area contributed by atoms with Gasteiger partial charge in [0.15, 0.2) is 0 Å². The highest BCUT2D eigenvalue weighted by Gasteiger charge is 2.26. The molecule has 0 aromatic rings. The van der Waals surface area contributed by atoms with Crippen LogP contribution in [0.25, 0.3) is 0 Å². The summed E-state index contributed by atoms with van der Waals surface area (Å²) >= 11 is 0. The topological polar surface area (TPSA) is 49.7 Å². The van der Waals surface area contributed by atoms with Gasteiger partial charge in [-0.3, -0.25) is 0 Å². The van der Waals surface area contributed by atoms with Crippen LogP contribution in [0.15, 0.2) is 0 Å². The van der Waals surface area contributed by atoms with Crippen molar-refractivity contribution in [3.05, 3.63) is 0 Å². The molecular weight excluding hydrogens is 168 g/mol. The van der Waals surface area contributed by atoms with Crippen LogP contribution in [0, 0.1) is 5.41 Å². The summed E-state index contributed by atoms with van der Waals surface area (Å²) in [6.45, 7) is 2.91. The highest BCUT2D eigenvalue weighted by molar-refractivity contribution is 4.77. The Morgan fingerprint density at radius 2 is 1.77 bits per heavy atom. The zero-order chi connectivity index (χ0) is 10.2. The van der Waals surface area contributed by atoms with Gasteiger partial charge in [-0.05, 0) is 19.3 Å². The van der Waals surface area contributed by atoms with E-state index in [0.29, 0.717) is 6.61 Å². The van der Waals surface area contributed by atoms with Crippen molar-refractivity contribution in [3.63, 3.8) is 0 Å².